The number of rotatable bonds is 2. The summed E-state index contributed by atoms with van der Waals surface area (Å²) < 4.78 is 43.5. The maximum atomic E-state index is 12.6. The predicted molar refractivity (Wildman–Crippen MR) is 65.2 cm³/mol. The minimum atomic E-state index is -4.47. The van der Waals surface area contributed by atoms with Crippen LogP contribution in [0.3, 0.4) is 0 Å². The summed E-state index contributed by atoms with van der Waals surface area (Å²) in [5.74, 6) is -0.00907. The van der Waals surface area contributed by atoms with Gasteiger partial charge in [-0.3, -0.25) is 0 Å². The quantitative estimate of drug-likeness (QED) is 0.908. The maximum absolute atomic E-state index is 12.6. The third-order valence-electron chi connectivity index (χ3n) is 4.35. The molecule has 2 aliphatic carbocycles. The van der Waals surface area contributed by atoms with Crippen molar-refractivity contribution >= 4 is 0 Å². The Morgan fingerprint density at radius 3 is 2.65 bits per heavy atom. The number of hydrogen-bond donors (Lipinski definition) is 1. The van der Waals surface area contributed by atoms with Gasteiger partial charge in [-0.2, -0.15) is 13.2 Å². The Morgan fingerprint density at radius 2 is 2.00 bits per heavy atom. The molecule has 1 spiro atoms. The molecule has 2 fully saturated rings. The number of aromatic nitrogens is 1. The minimum Gasteiger partial charge on any atom is -0.474 e. The molecule has 0 amide bonds. The van der Waals surface area contributed by atoms with Gasteiger partial charge >= 0.3 is 6.18 Å². The summed E-state index contributed by atoms with van der Waals surface area (Å²) in [6.45, 7) is 0. The Bertz CT molecular complexity index is 499. The van der Waals surface area contributed by atoms with E-state index in [1.54, 1.807) is 0 Å². The molecule has 20 heavy (non-hydrogen) atoms. The average Bonchev–Trinajstić information content (AvgIpc) is 3.17. The van der Waals surface area contributed by atoms with E-state index < -0.39 is 18.0 Å². The van der Waals surface area contributed by atoms with E-state index in [2.05, 4.69) is 4.98 Å². The summed E-state index contributed by atoms with van der Waals surface area (Å²) in [5.41, 5.74) is -1.20. The van der Waals surface area contributed by atoms with E-state index in [1.165, 1.54) is 12.1 Å². The molecule has 2 atom stereocenters. The molecule has 0 aliphatic heterocycles. The lowest BCUT2D eigenvalue weighted by Gasteiger charge is -2.35. The molecular weight excluding hydrogens is 271 g/mol. The van der Waals surface area contributed by atoms with Crippen LogP contribution >= 0.6 is 0 Å². The monoisotopic (exact) mass is 287 g/mol. The molecule has 110 valence electrons. The van der Waals surface area contributed by atoms with Crippen LogP contribution in [0.4, 0.5) is 13.2 Å². The normalized spacial score (nSPS) is 28.4. The van der Waals surface area contributed by atoms with Gasteiger partial charge in [0.05, 0.1) is 6.10 Å². The molecule has 0 aromatic carbocycles. The van der Waals surface area contributed by atoms with Crippen molar-refractivity contribution in [1.29, 1.82) is 0 Å². The van der Waals surface area contributed by atoms with E-state index in [0.29, 0.717) is 0 Å². The lowest BCUT2D eigenvalue weighted by Crippen LogP contribution is -2.41. The molecule has 6 heteroatoms. The van der Waals surface area contributed by atoms with Gasteiger partial charge in [0.1, 0.15) is 11.8 Å². The molecule has 1 aromatic rings. The zero-order chi connectivity index (χ0) is 14.4. The Kier molecular flexibility index (Phi) is 3.16. The fraction of sp³-hybridized carbons (Fsp3) is 0.643. The smallest absolute Gasteiger partial charge is 0.433 e. The van der Waals surface area contributed by atoms with Gasteiger partial charge in [-0.05, 0) is 38.2 Å². The first-order chi connectivity index (χ1) is 9.42. The van der Waals surface area contributed by atoms with E-state index in [0.717, 1.165) is 38.2 Å². The second-order valence-electron chi connectivity index (χ2n) is 5.65. The number of pyridine rings is 1. The molecule has 0 bridgehead atoms. The highest BCUT2D eigenvalue weighted by Crippen LogP contribution is 2.57. The van der Waals surface area contributed by atoms with Gasteiger partial charge in [0.25, 0.3) is 0 Å². The molecule has 0 radical (unpaired) electrons. The van der Waals surface area contributed by atoms with Gasteiger partial charge in [-0.1, -0.05) is 6.07 Å². The second kappa shape index (κ2) is 4.62. The number of ether oxygens (including phenoxy) is 1. The first-order valence-electron chi connectivity index (χ1n) is 6.81. The first kappa shape index (κ1) is 13.7. The van der Waals surface area contributed by atoms with Crippen molar-refractivity contribution in [2.24, 2.45) is 5.41 Å². The van der Waals surface area contributed by atoms with Crippen LogP contribution in [0, 0.1) is 5.41 Å². The second-order valence-corrected chi connectivity index (χ2v) is 5.65. The largest absolute Gasteiger partial charge is 0.474 e. The van der Waals surface area contributed by atoms with Crippen LogP contribution in [-0.4, -0.2) is 22.3 Å². The fourth-order valence-corrected chi connectivity index (χ4v) is 3.05. The summed E-state index contributed by atoms with van der Waals surface area (Å²) in [6, 6.07) is 3.66. The van der Waals surface area contributed by atoms with Crippen LogP contribution in [0.5, 0.6) is 5.88 Å². The average molecular weight is 287 g/mol. The van der Waals surface area contributed by atoms with E-state index in [9.17, 15) is 18.3 Å². The predicted octanol–water partition coefficient (Wildman–Crippen LogP) is 3.17. The number of alkyl halides is 3. The third kappa shape index (κ3) is 2.37. The molecule has 0 unspecified atom stereocenters. The van der Waals surface area contributed by atoms with E-state index >= 15 is 0 Å². The van der Waals surface area contributed by atoms with E-state index in [1.807, 2.05) is 0 Å². The summed E-state index contributed by atoms with van der Waals surface area (Å²) in [6.07, 6.45) is -1.04. The molecule has 3 rings (SSSR count). The van der Waals surface area contributed by atoms with Crippen LogP contribution < -0.4 is 4.74 Å². The van der Waals surface area contributed by atoms with Crippen molar-refractivity contribution in [1.82, 2.24) is 4.98 Å². The number of halogens is 3. The van der Waals surface area contributed by atoms with Crippen molar-refractivity contribution in [3.63, 3.8) is 0 Å². The lowest BCUT2D eigenvalue weighted by atomic mass is 9.81. The molecule has 0 saturated heterocycles. The molecular formula is C14H16F3NO2. The third-order valence-corrected chi connectivity index (χ3v) is 4.35. The van der Waals surface area contributed by atoms with Crippen LogP contribution in [0.2, 0.25) is 0 Å². The zero-order valence-electron chi connectivity index (χ0n) is 10.9. The molecule has 2 aliphatic rings. The van der Waals surface area contributed by atoms with Crippen molar-refractivity contribution in [2.45, 2.75) is 50.5 Å². The standard InChI is InChI=1S/C14H16F3NO2/c15-14(16,17)9-3-1-6-12(18-9)20-11-5-2-4-10(19)13(11)7-8-13/h1,3,6,10-11,19H,2,4-5,7-8H2/t10-,11-/m0/s1. The van der Waals surface area contributed by atoms with Crippen molar-refractivity contribution in [2.75, 3.05) is 0 Å². The highest BCUT2D eigenvalue weighted by Gasteiger charge is 2.57. The van der Waals surface area contributed by atoms with Crippen LogP contribution in [0.25, 0.3) is 0 Å². The molecule has 1 heterocycles. The van der Waals surface area contributed by atoms with E-state index in [-0.39, 0.29) is 17.4 Å². The van der Waals surface area contributed by atoms with Crippen LogP contribution in [0.1, 0.15) is 37.8 Å². The SMILES string of the molecule is O[C@H]1CCC[C@H](Oc2cccc(C(F)(F)F)n2)C12CC2. The van der Waals surface area contributed by atoms with Crippen molar-refractivity contribution in [3.8, 4) is 5.88 Å². The minimum absolute atomic E-state index is 0.00907. The van der Waals surface area contributed by atoms with E-state index in [4.69, 9.17) is 4.74 Å². The number of nitrogens with zero attached hydrogens (tertiary/aromatic N) is 1. The summed E-state index contributed by atoms with van der Waals surface area (Å²) in [5, 5.41) is 10.1. The maximum Gasteiger partial charge on any atom is 0.433 e. The Hall–Kier alpha value is -1.30. The van der Waals surface area contributed by atoms with Gasteiger partial charge in [0.2, 0.25) is 5.88 Å². The highest BCUT2D eigenvalue weighted by molar-refractivity contribution is 5.19. The van der Waals surface area contributed by atoms with Crippen molar-refractivity contribution in [3.05, 3.63) is 23.9 Å². The van der Waals surface area contributed by atoms with Crippen molar-refractivity contribution < 1.29 is 23.0 Å². The Morgan fingerprint density at radius 1 is 1.25 bits per heavy atom. The molecule has 1 N–H and O–H groups in total. The summed E-state index contributed by atoms with van der Waals surface area (Å²) >= 11 is 0. The number of aliphatic hydroxyl groups excluding tert-OH is 1. The Balaban J connectivity index is 1.78. The first-order valence-corrected chi connectivity index (χ1v) is 6.81. The van der Waals surface area contributed by atoms with Gasteiger partial charge in [0.15, 0.2) is 0 Å². The van der Waals surface area contributed by atoms with Gasteiger partial charge in [-0.15, -0.1) is 0 Å². The zero-order valence-corrected chi connectivity index (χ0v) is 10.9. The molecule has 3 nitrogen and oxygen atoms in total. The molecule has 1 aromatic heterocycles. The number of aliphatic hydroxyl groups is 1. The summed E-state index contributed by atoms with van der Waals surface area (Å²) in [4.78, 5) is 3.53. The van der Waals surface area contributed by atoms with Gasteiger partial charge < -0.3 is 9.84 Å². The molecule has 2 saturated carbocycles. The topological polar surface area (TPSA) is 42.4 Å². The van der Waals surface area contributed by atoms with Gasteiger partial charge in [0, 0.05) is 11.5 Å². The summed E-state index contributed by atoms with van der Waals surface area (Å²) in [7, 11) is 0. The number of hydrogen-bond acceptors (Lipinski definition) is 3. The fourth-order valence-electron chi connectivity index (χ4n) is 3.05. The van der Waals surface area contributed by atoms with Crippen LogP contribution in [0.15, 0.2) is 18.2 Å². The van der Waals surface area contributed by atoms with Crippen LogP contribution in [-0.2, 0) is 6.18 Å². The Labute approximate surface area is 114 Å². The van der Waals surface area contributed by atoms with Gasteiger partial charge in [-0.25, -0.2) is 4.98 Å². The lowest BCUT2D eigenvalue weighted by molar-refractivity contribution is -0.141. The highest BCUT2D eigenvalue weighted by atomic mass is 19.4.